The third-order valence-corrected chi connectivity index (χ3v) is 4.36. The summed E-state index contributed by atoms with van der Waals surface area (Å²) in [6.07, 6.45) is 1.88. The first-order valence-electron chi connectivity index (χ1n) is 6.98. The van der Waals surface area contributed by atoms with E-state index in [-0.39, 0.29) is 0 Å². The van der Waals surface area contributed by atoms with Crippen molar-refractivity contribution < 1.29 is 0 Å². The first kappa shape index (κ1) is 12.5. The molecule has 2 aliphatic rings. The van der Waals surface area contributed by atoms with Gasteiger partial charge in [0.15, 0.2) is 5.82 Å². The van der Waals surface area contributed by atoms with E-state index in [9.17, 15) is 0 Å². The Balaban J connectivity index is 1.97. The number of hydrogen-bond donors (Lipinski definition) is 0. The van der Waals surface area contributed by atoms with E-state index in [0.717, 1.165) is 25.5 Å². The number of piperazine rings is 1. The van der Waals surface area contributed by atoms with Gasteiger partial charge in [-0.2, -0.15) is 0 Å². The van der Waals surface area contributed by atoms with Crippen LogP contribution in [0, 0.1) is 0 Å². The third kappa shape index (κ3) is 1.91. The summed E-state index contributed by atoms with van der Waals surface area (Å²) in [5, 5.41) is 0. The van der Waals surface area contributed by atoms with E-state index in [1.165, 1.54) is 11.4 Å². The van der Waals surface area contributed by atoms with Gasteiger partial charge in [-0.25, -0.2) is 4.98 Å². The lowest BCUT2D eigenvalue weighted by molar-refractivity contribution is 0.187. The summed E-state index contributed by atoms with van der Waals surface area (Å²) in [7, 11) is 2.09. The standard InChI is InChI=1S/C15H22N4/c1-11(2)18-8-9-19-14(10-18)12(3)17(4)13-6-5-7-16-15(13)19/h5-7,11,14H,3,8-10H2,1-2,4H3. The third-order valence-electron chi connectivity index (χ3n) is 4.36. The lowest BCUT2D eigenvalue weighted by Crippen LogP contribution is -2.59. The summed E-state index contributed by atoms with van der Waals surface area (Å²) in [6, 6.07) is 5.06. The van der Waals surface area contributed by atoms with Crippen LogP contribution in [0.25, 0.3) is 0 Å². The predicted octanol–water partition coefficient (Wildman–Crippen LogP) is 1.94. The van der Waals surface area contributed by atoms with Gasteiger partial charge >= 0.3 is 0 Å². The van der Waals surface area contributed by atoms with E-state index in [4.69, 9.17) is 0 Å². The first-order chi connectivity index (χ1) is 9.09. The van der Waals surface area contributed by atoms with Crippen LogP contribution in [-0.4, -0.2) is 48.6 Å². The van der Waals surface area contributed by atoms with E-state index in [1.54, 1.807) is 0 Å². The first-order valence-corrected chi connectivity index (χ1v) is 6.98. The molecule has 0 aliphatic carbocycles. The number of aromatic nitrogens is 1. The molecule has 19 heavy (non-hydrogen) atoms. The maximum absolute atomic E-state index is 4.58. The summed E-state index contributed by atoms with van der Waals surface area (Å²) < 4.78 is 0. The molecule has 3 rings (SSSR count). The van der Waals surface area contributed by atoms with Crippen molar-refractivity contribution >= 4 is 11.5 Å². The van der Waals surface area contributed by atoms with E-state index >= 15 is 0 Å². The van der Waals surface area contributed by atoms with E-state index in [0.29, 0.717) is 12.1 Å². The molecule has 0 saturated carbocycles. The van der Waals surface area contributed by atoms with Crippen molar-refractivity contribution in [2.24, 2.45) is 0 Å². The zero-order chi connectivity index (χ0) is 13.6. The Morgan fingerprint density at radius 2 is 2.16 bits per heavy atom. The van der Waals surface area contributed by atoms with E-state index < -0.39 is 0 Å². The maximum atomic E-state index is 4.58. The second-order valence-corrected chi connectivity index (χ2v) is 5.69. The van der Waals surface area contributed by atoms with Crippen molar-refractivity contribution in [3.63, 3.8) is 0 Å². The Bertz CT molecular complexity index is 497. The second-order valence-electron chi connectivity index (χ2n) is 5.69. The van der Waals surface area contributed by atoms with Gasteiger partial charge in [0.2, 0.25) is 0 Å². The number of pyridine rings is 1. The quantitative estimate of drug-likeness (QED) is 0.768. The lowest BCUT2D eigenvalue weighted by Gasteiger charge is -2.49. The molecule has 1 fully saturated rings. The number of hydrogen-bond acceptors (Lipinski definition) is 4. The number of rotatable bonds is 1. The summed E-state index contributed by atoms with van der Waals surface area (Å²) in [5.41, 5.74) is 2.34. The van der Waals surface area contributed by atoms with Crippen molar-refractivity contribution in [3.05, 3.63) is 30.6 Å². The van der Waals surface area contributed by atoms with Crippen LogP contribution in [0.1, 0.15) is 13.8 Å². The molecule has 1 aromatic heterocycles. The molecule has 4 nitrogen and oxygen atoms in total. The van der Waals surface area contributed by atoms with Crippen LogP contribution in [0.3, 0.4) is 0 Å². The number of anilines is 2. The van der Waals surface area contributed by atoms with Crippen LogP contribution < -0.4 is 9.80 Å². The highest BCUT2D eigenvalue weighted by atomic mass is 15.4. The molecule has 1 aromatic rings. The Morgan fingerprint density at radius 1 is 1.37 bits per heavy atom. The van der Waals surface area contributed by atoms with Crippen LogP contribution in [0.5, 0.6) is 0 Å². The highest BCUT2D eigenvalue weighted by molar-refractivity contribution is 5.74. The number of nitrogens with zero attached hydrogens (tertiary/aromatic N) is 4. The average molecular weight is 258 g/mol. The molecule has 1 atom stereocenters. The molecule has 0 radical (unpaired) electrons. The van der Waals surface area contributed by atoms with Gasteiger partial charge in [-0.3, -0.25) is 4.90 Å². The van der Waals surface area contributed by atoms with E-state index in [1.807, 2.05) is 12.3 Å². The molecule has 3 heterocycles. The largest absolute Gasteiger partial charge is 0.344 e. The molecular weight excluding hydrogens is 236 g/mol. The Kier molecular flexibility index (Phi) is 2.97. The Labute approximate surface area is 115 Å². The van der Waals surface area contributed by atoms with Crippen LogP contribution in [0.4, 0.5) is 11.5 Å². The summed E-state index contributed by atoms with van der Waals surface area (Å²) in [5.74, 6) is 1.10. The predicted molar refractivity (Wildman–Crippen MR) is 79.6 cm³/mol. The van der Waals surface area contributed by atoms with Gasteiger partial charge in [0.25, 0.3) is 0 Å². The van der Waals surface area contributed by atoms with Gasteiger partial charge in [-0.1, -0.05) is 6.58 Å². The van der Waals surface area contributed by atoms with Crippen molar-refractivity contribution in [1.82, 2.24) is 9.88 Å². The van der Waals surface area contributed by atoms with Crippen LogP contribution in [-0.2, 0) is 0 Å². The molecule has 0 N–H and O–H groups in total. The summed E-state index contributed by atoms with van der Waals surface area (Å²) >= 11 is 0. The highest BCUT2D eigenvalue weighted by Crippen LogP contribution is 2.38. The van der Waals surface area contributed by atoms with Gasteiger partial charge in [-0.05, 0) is 26.0 Å². The zero-order valence-corrected chi connectivity index (χ0v) is 12.0. The van der Waals surface area contributed by atoms with Gasteiger partial charge in [0.05, 0.1) is 11.7 Å². The second kappa shape index (κ2) is 4.53. The minimum Gasteiger partial charge on any atom is -0.344 e. The van der Waals surface area contributed by atoms with Crippen molar-refractivity contribution in [2.75, 3.05) is 36.5 Å². The fourth-order valence-corrected chi connectivity index (χ4v) is 3.06. The van der Waals surface area contributed by atoms with Crippen molar-refractivity contribution in [1.29, 1.82) is 0 Å². The van der Waals surface area contributed by atoms with Gasteiger partial charge in [0.1, 0.15) is 0 Å². The van der Waals surface area contributed by atoms with Gasteiger partial charge in [0, 0.05) is 44.6 Å². The Hall–Kier alpha value is -1.55. The average Bonchev–Trinajstić information content (AvgIpc) is 2.44. The monoisotopic (exact) mass is 258 g/mol. The minimum absolute atomic E-state index is 0.351. The fourth-order valence-electron chi connectivity index (χ4n) is 3.06. The molecule has 1 saturated heterocycles. The molecule has 1 unspecified atom stereocenters. The number of fused-ring (bicyclic) bond motifs is 3. The molecule has 102 valence electrons. The smallest absolute Gasteiger partial charge is 0.153 e. The van der Waals surface area contributed by atoms with Crippen molar-refractivity contribution in [3.8, 4) is 0 Å². The molecule has 0 amide bonds. The summed E-state index contributed by atoms with van der Waals surface area (Å²) in [6.45, 7) is 12.0. The molecule has 0 spiro atoms. The topological polar surface area (TPSA) is 22.6 Å². The molecule has 0 bridgehead atoms. The Morgan fingerprint density at radius 3 is 2.89 bits per heavy atom. The summed E-state index contributed by atoms with van der Waals surface area (Å²) in [4.78, 5) is 11.7. The zero-order valence-electron chi connectivity index (χ0n) is 12.0. The molecule has 4 heteroatoms. The van der Waals surface area contributed by atoms with Crippen LogP contribution >= 0.6 is 0 Å². The minimum atomic E-state index is 0.351. The molecule has 0 aromatic carbocycles. The van der Waals surface area contributed by atoms with Gasteiger partial charge < -0.3 is 9.80 Å². The van der Waals surface area contributed by atoms with Crippen molar-refractivity contribution in [2.45, 2.75) is 25.9 Å². The molecular formula is C15H22N4. The molecule has 2 aliphatic heterocycles. The normalized spacial score (nSPS) is 23.6. The fraction of sp³-hybridized carbons (Fsp3) is 0.533. The van der Waals surface area contributed by atoms with Crippen LogP contribution in [0.15, 0.2) is 30.6 Å². The van der Waals surface area contributed by atoms with Crippen LogP contribution in [0.2, 0.25) is 0 Å². The number of likely N-dealkylation sites (N-methyl/N-ethyl adjacent to an activating group) is 1. The SMILES string of the molecule is C=C1C2CN(C(C)C)CCN2c2ncccc2N1C. The lowest BCUT2D eigenvalue weighted by atomic mass is 10.0. The van der Waals surface area contributed by atoms with E-state index in [2.05, 4.69) is 53.2 Å². The highest BCUT2D eigenvalue weighted by Gasteiger charge is 2.37. The maximum Gasteiger partial charge on any atom is 0.153 e. The van der Waals surface area contributed by atoms with Gasteiger partial charge in [-0.15, -0.1) is 0 Å².